The lowest BCUT2D eigenvalue weighted by Gasteiger charge is -2.11. The molecule has 20 heavy (non-hydrogen) atoms. The second-order valence-corrected chi connectivity index (χ2v) is 4.99. The highest BCUT2D eigenvalue weighted by Crippen LogP contribution is 2.28. The molecule has 0 aromatic heterocycles. The first-order valence-electron chi connectivity index (χ1n) is 7.00. The number of ether oxygens (including phenoxy) is 3. The molecule has 2 N–H and O–H groups in total. The highest BCUT2D eigenvalue weighted by molar-refractivity contribution is 5.31. The predicted octanol–water partition coefficient (Wildman–Crippen LogP) is 1.22. The maximum absolute atomic E-state index is 9.17. The quantitative estimate of drug-likeness (QED) is 0.632. The SMILES string of the molecule is OCC(O)COc1ccc(OCCOCC2CC2)cc1. The summed E-state index contributed by atoms with van der Waals surface area (Å²) in [6.45, 7) is 1.77. The normalized spacial score (nSPS) is 15.9. The van der Waals surface area contributed by atoms with Crippen LogP contribution in [0.2, 0.25) is 0 Å². The molecule has 1 aliphatic rings. The molecule has 1 atom stereocenters. The van der Waals surface area contributed by atoms with Gasteiger partial charge in [-0.2, -0.15) is 0 Å². The molecule has 2 rings (SSSR count). The second-order valence-electron chi connectivity index (χ2n) is 4.99. The zero-order chi connectivity index (χ0) is 14.2. The summed E-state index contributed by atoms with van der Waals surface area (Å²) in [4.78, 5) is 0. The molecule has 1 aromatic rings. The summed E-state index contributed by atoms with van der Waals surface area (Å²) in [6.07, 6.45) is 1.75. The van der Waals surface area contributed by atoms with Crippen LogP contribution in [0.15, 0.2) is 24.3 Å². The van der Waals surface area contributed by atoms with Gasteiger partial charge in [0.2, 0.25) is 0 Å². The van der Waals surface area contributed by atoms with E-state index < -0.39 is 6.10 Å². The fourth-order valence-corrected chi connectivity index (χ4v) is 1.63. The minimum Gasteiger partial charge on any atom is -0.491 e. The molecule has 1 unspecified atom stereocenters. The van der Waals surface area contributed by atoms with Gasteiger partial charge in [-0.05, 0) is 43.0 Å². The number of rotatable bonds is 10. The summed E-state index contributed by atoms with van der Waals surface area (Å²) in [5, 5.41) is 17.8. The third kappa shape index (κ3) is 5.77. The average molecular weight is 282 g/mol. The Balaban J connectivity index is 1.60. The van der Waals surface area contributed by atoms with Crippen molar-refractivity contribution in [3.8, 4) is 11.5 Å². The largest absolute Gasteiger partial charge is 0.491 e. The molecule has 1 saturated carbocycles. The second kappa shape index (κ2) is 8.09. The van der Waals surface area contributed by atoms with E-state index in [1.165, 1.54) is 12.8 Å². The zero-order valence-corrected chi connectivity index (χ0v) is 11.5. The molecule has 0 radical (unpaired) electrons. The summed E-state index contributed by atoms with van der Waals surface area (Å²) in [7, 11) is 0. The van der Waals surface area contributed by atoms with Gasteiger partial charge in [0, 0.05) is 6.61 Å². The summed E-state index contributed by atoms with van der Waals surface area (Å²) in [6, 6.07) is 7.15. The van der Waals surface area contributed by atoms with Crippen LogP contribution in [0.1, 0.15) is 12.8 Å². The average Bonchev–Trinajstić information content (AvgIpc) is 3.30. The maximum Gasteiger partial charge on any atom is 0.119 e. The van der Waals surface area contributed by atoms with Crippen LogP contribution in [0.3, 0.4) is 0 Å². The number of aliphatic hydroxyl groups excluding tert-OH is 2. The third-order valence-corrected chi connectivity index (χ3v) is 3.02. The summed E-state index contributed by atoms with van der Waals surface area (Å²) < 4.78 is 16.3. The smallest absolute Gasteiger partial charge is 0.119 e. The third-order valence-electron chi connectivity index (χ3n) is 3.02. The molecule has 0 saturated heterocycles. The molecule has 1 fully saturated rings. The zero-order valence-electron chi connectivity index (χ0n) is 11.5. The minimum atomic E-state index is -0.852. The van der Waals surface area contributed by atoms with E-state index in [9.17, 15) is 5.11 Å². The van der Waals surface area contributed by atoms with Gasteiger partial charge in [-0.3, -0.25) is 0 Å². The van der Waals surface area contributed by atoms with E-state index in [0.29, 0.717) is 19.0 Å². The van der Waals surface area contributed by atoms with E-state index in [4.69, 9.17) is 19.3 Å². The number of hydrogen-bond acceptors (Lipinski definition) is 5. The van der Waals surface area contributed by atoms with Crippen LogP contribution in [0.25, 0.3) is 0 Å². The van der Waals surface area contributed by atoms with Gasteiger partial charge in [0.15, 0.2) is 0 Å². The molecular weight excluding hydrogens is 260 g/mol. The number of aliphatic hydroxyl groups is 2. The highest BCUT2D eigenvalue weighted by atomic mass is 16.5. The van der Waals surface area contributed by atoms with Gasteiger partial charge in [-0.15, -0.1) is 0 Å². The highest BCUT2D eigenvalue weighted by Gasteiger charge is 2.20. The van der Waals surface area contributed by atoms with Crippen LogP contribution >= 0.6 is 0 Å². The van der Waals surface area contributed by atoms with Crippen molar-refractivity contribution in [1.29, 1.82) is 0 Å². The molecule has 0 heterocycles. The summed E-state index contributed by atoms with van der Waals surface area (Å²) >= 11 is 0. The van der Waals surface area contributed by atoms with Crippen molar-refractivity contribution in [3.63, 3.8) is 0 Å². The molecule has 5 nitrogen and oxygen atoms in total. The van der Waals surface area contributed by atoms with Crippen LogP contribution in [0, 0.1) is 5.92 Å². The van der Waals surface area contributed by atoms with E-state index in [1.54, 1.807) is 12.1 Å². The van der Waals surface area contributed by atoms with Crippen molar-refractivity contribution < 1.29 is 24.4 Å². The van der Waals surface area contributed by atoms with Gasteiger partial charge in [-0.1, -0.05) is 0 Å². The molecule has 1 aliphatic carbocycles. The van der Waals surface area contributed by atoms with E-state index >= 15 is 0 Å². The number of hydrogen-bond donors (Lipinski definition) is 2. The maximum atomic E-state index is 9.17. The van der Waals surface area contributed by atoms with E-state index in [-0.39, 0.29) is 13.2 Å². The fourth-order valence-electron chi connectivity index (χ4n) is 1.63. The van der Waals surface area contributed by atoms with Crippen LogP contribution in [0.5, 0.6) is 11.5 Å². The van der Waals surface area contributed by atoms with Crippen molar-refractivity contribution >= 4 is 0 Å². The van der Waals surface area contributed by atoms with Gasteiger partial charge in [-0.25, -0.2) is 0 Å². The van der Waals surface area contributed by atoms with Crippen LogP contribution in [0.4, 0.5) is 0 Å². The molecule has 112 valence electrons. The van der Waals surface area contributed by atoms with Gasteiger partial charge in [0.1, 0.15) is 30.8 Å². The Kier molecular flexibility index (Phi) is 6.11. The first-order chi connectivity index (χ1) is 9.78. The van der Waals surface area contributed by atoms with Crippen LogP contribution < -0.4 is 9.47 Å². The molecule has 5 heteroatoms. The van der Waals surface area contributed by atoms with Crippen LogP contribution in [-0.4, -0.2) is 49.4 Å². The van der Waals surface area contributed by atoms with Gasteiger partial charge in [0.05, 0.1) is 13.2 Å². The Morgan fingerprint density at radius 1 is 1.05 bits per heavy atom. The molecular formula is C15H22O5. The number of benzene rings is 1. The molecule has 0 amide bonds. The summed E-state index contributed by atoms with van der Waals surface area (Å²) in [5.41, 5.74) is 0. The molecule has 0 aliphatic heterocycles. The van der Waals surface area contributed by atoms with Crippen molar-refractivity contribution in [2.24, 2.45) is 5.92 Å². The predicted molar refractivity (Wildman–Crippen MR) is 74.1 cm³/mol. The molecule has 1 aromatic carbocycles. The first kappa shape index (κ1) is 15.1. The first-order valence-corrected chi connectivity index (χ1v) is 7.00. The fraction of sp³-hybridized carbons (Fsp3) is 0.600. The Morgan fingerprint density at radius 2 is 1.70 bits per heavy atom. The lowest BCUT2D eigenvalue weighted by molar-refractivity contribution is 0.0535. The van der Waals surface area contributed by atoms with Gasteiger partial charge < -0.3 is 24.4 Å². The van der Waals surface area contributed by atoms with E-state index in [0.717, 1.165) is 18.3 Å². The lowest BCUT2D eigenvalue weighted by Crippen LogP contribution is -2.21. The van der Waals surface area contributed by atoms with Crippen LogP contribution in [-0.2, 0) is 4.74 Å². The molecule has 0 bridgehead atoms. The molecule has 0 spiro atoms. The Morgan fingerprint density at radius 3 is 2.30 bits per heavy atom. The Labute approximate surface area is 119 Å². The lowest BCUT2D eigenvalue weighted by atomic mass is 10.3. The minimum absolute atomic E-state index is 0.0751. The van der Waals surface area contributed by atoms with Crippen molar-refractivity contribution in [2.75, 3.05) is 33.0 Å². The Bertz CT molecular complexity index is 374. The van der Waals surface area contributed by atoms with Gasteiger partial charge >= 0.3 is 0 Å². The van der Waals surface area contributed by atoms with Crippen molar-refractivity contribution in [2.45, 2.75) is 18.9 Å². The van der Waals surface area contributed by atoms with Crippen molar-refractivity contribution in [1.82, 2.24) is 0 Å². The monoisotopic (exact) mass is 282 g/mol. The standard InChI is InChI=1S/C15H22O5/c16-9-13(17)11-20-15-5-3-14(4-6-15)19-8-7-18-10-12-1-2-12/h3-6,12-13,16-17H,1-2,7-11H2. The van der Waals surface area contributed by atoms with E-state index in [2.05, 4.69) is 0 Å². The Hall–Kier alpha value is -1.30. The van der Waals surface area contributed by atoms with Crippen molar-refractivity contribution in [3.05, 3.63) is 24.3 Å². The summed E-state index contributed by atoms with van der Waals surface area (Å²) in [5.74, 6) is 2.17. The van der Waals surface area contributed by atoms with E-state index in [1.807, 2.05) is 12.1 Å². The topological polar surface area (TPSA) is 68.2 Å². The van der Waals surface area contributed by atoms with Gasteiger partial charge in [0.25, 0.3) is 0 Å².